The predicted molar refractivity (Wildman–Crippen MR) is 49.6 cm³/mol. The maximum Gasteiger partial charge on any atom is 0.107 e. The fourth-order valence-corrected chi connectivity index (χ4v) is 1.82. The lowest BCUT2D eigenvalue weighted by Gasteiger charge is -2.29. The molecule has 2 unspecified atom stereocenters. The maximum absolute atomic E-state index is 5.63. The van der Waals surface area contributed by atoms with E-state index >= 15 is 0 Å². The molecule has 0 aromatic rings. The first-order chi connectivity index (χ1) is 5.88. The van der Waals surface area contributed by atoms with E-state index in [4.69, 9.17) is 16.9 Å². The van der Waals surface area contributed by atoms with Crippen molar-refractivity contribution in [1.29, 1.82) is 0 Å². The van der Waals surface area contributed by atoms with Gasteiger partial charge in [-0.05, 0) is 25.3 Å². The Morgan fingerprint density at radius 2 is 2.17 bits per heavy atom. The van der Waals surface area contributed by atoms with Gasteiger partial charge in [0.05, 0.1) is 6.10 Å². The maximum atomic E-state index is 5.63. The highest BCUT2D eigenvalue weighted by molar-refractivity contribution is 4.85. The van der Waals surface area contributed by atoms with E-state index in [-0.39, 0.29) is 0 Å². The molecule has 0 amide bonds. The quantitative estimate of drug-likeness (QED) is 0.640. The second kappa shape index (κ2) is 5.18. The standard InChI is InChI=1S/C10H17NO/c1-2-7-12-10-6-4-3-5-9(10)8-11/h1,9-10H,3-8,11H2. The van der Waals surface area contributed by atoms with Crippen LogP contribution in [-0.2, 0) is 4.74 Å². The fraction of sp³-hybridized carbons (Fsp3) is 0.800. The van der Waals surface area contributed by atoms with Crippen molar-refractivity contribution in [2.75, 3.05) is 13.2 Å². The Hall–Kier alpha value is -0.520. The van der Waals surface area contributed by atoms with Crippen LogP contribution in [-0.4, -0.2) is 19.3 Å². The molecule has 1 aliphatic rings. The van der Waals surface area contributed by atoms with E-state index in [2.05, 4.69) is 5.92 Å². The van der Waals surface area contributed by atoms with E-state index in [0.717, 1.165) is 13.0 Å². The third-order valence-corrected chi connectivity index (χ3v) is 2.52. The van der Waals surface area contributed by atoms with Crippen molar-refractivity contribution < 1.29 is 4.74 Å². The molecule has 0 aliphatic heterocycles. The Labute approximate surface area is 74.5 Å². The third kappa shape index (κ3) is 2.51. The SMILES string of the molecule is C#CCOC1CCCCC1CN. The highest BCUT2D eigenvalue weighted by atomic mass is 16.5. The average molecular weight is 167 g/mol. The molecule has 0 radical (unpaired) electrons. The first-order valence-electron chi connectivity index (χ1n) is 4.63. The Kier molecular flexibility index (Phi) is 4.13. The molecule has 1 fully saturated rings. The minimum absolute atomic E-state index is 0.319. The molecule has 68 valence electrons. The van der Waals surface area contributed by atoms with Gasteiger partial charge in [0.15, 0.2) is 0 Å². The number of nitrogens with two attached hydrogens (primary N) is 1. The zero-order valence-corrected chi connectivity index (χ0v) is 7.46. The van der Waals surface area contributed by atoms with Crippen LogP contribution in [0.4, 0.5) is 0 Å². The van der Waals surface area contributed by atoms with Gasteiger partial charge >= 0.3 is 0 Å². The van der Waals surface area contributed by atoms with Gasteiger partial charge in [-0.1, -0.05) is 18.8 Å². The highest BCUT2D eigenvalue weighted by Gasteiger charge is 2.23. The van der Waals surface area contributed by atoms with E-state index < -0.39 is 0 Å². The van der Waals surface area contributed by atoms with Gasteiger partial charge in [-0.15, -0.1) is 6.42 Å². The topological polar surface area (TPSA) is 35.2 Å². The van der Waals surface area contributed by atoms with E-state index in [1.807, 2.05) is 0 Å². The number of hydrogen-bond donors (Lipinski definition) is 1. The Balaban J connectivity index is 2.32. The molecule has 0 aromatic carbocycles. The van der Waals surface area contributed by atoms with Crippen LogP contribution < -0.4 is 5.73 Å². The second-order valence-corrected chi connectivity index (χ2v) is 3.33. The van der Waals surface area contributed by atoms with E-state index in [1.165, 1.54) is 19.3 Å². The van der Waals surface area contributed by atoms with Crippen LogP contribution in [0.25, 0.3) is 0 Å². The first-order valence-corrected chi connectivity index (χ1v) is 4.63. The Bertz CT molecular complexity index is 162. The van der Waals surface area contributed by atoms with Gasteiger partial charge in [0.2, 0.25) is 0 Å². The van der Waals surface area contributed by atoms with Gasteiger partial charge in [-0.3, -0.25) is 0 Å². The first kappa shape index (κ1) is 9.57. The van der Waals surface area contributed by atoms with Crippen LogP contribution in [0.2, 0.25) is 0 Å². The summed E-state index contributed by atoms with van der Waals surface area (Å²) >= 11 is 0. The van der Waals surface area contributed by atoms with Crippen molar-refractivity contribution in [2.24, 2.45) is 11.7 Å². The normalized spacial score (nSPS) is 29.7. The monoisotopic (exact) mass is 167 g/mol. The molecule has 0 bridgehead atoms. The zero-order chi connectivity index (χ0) is 8.81. The molecule has 2 N–H and O–H groups in total. The number of rotatable bonds is 3. The van der Waals surface area contributed by atoms with Gasteiger partial charge in [0.1, 0.15) is 6.61 Å². The van der Waals surface area contributed by atoms with Gasteiger partial charge in [-0.25, -0.2) is 0 Å². The summed E-state index contributed by atoms with van der Waals surface area (Å²) in [4.78, 5) is 0. The molecule has 1 rings (SSSR count). The average Bonchev–Trinajstić information content (AvgIpc) is 2.15. The van der Waals surface area contributed by atoms with Crippen molar-refractivity contribution >= 4 is 0 Å². The summed E-state index contributed by atoms with van der Waals surface area (Å²) in [6.45, 7) is 1.16. The molecule has 0 heterocycles. The van der Waals surface area contributed by atoms with Crippen LogP contribution in [0.5, 0.6) is 0 Å². The van der Waals surface area contributed by atoms with Crippen LogP contribution in [0, 0.1) is 18.3 Å². The largest absolute Gasteiger partial charge is 0.365 e. The molecule has 0 aromatic heterocycles. The van der Waals surface area contributed by atoms with Crippen LogP contribution in [0.1, 0.15) is 25.7 Å². The van der Waals surface area contributed by atoms with E-state index in [1.54, 1.807) is 0 Å². The van der Waals surface area contributed by atoms with E-state index in [9.17, 15) is 0 Å². The lowest BCUT2D eigenvalue weighted by molar-refractivity contribution is 0.00962. The minimum Gasteiger partial charge on any atom is -0.365 e. The van der Waals surface area contributed by atoms with Crippen LogP contribution >= 0.6 is 0 Å². The summed E-state index contributed by atoms with van der Waals surface area (Å²) in [5, 5.41) is 0. The summed E-state index contributed by atoms with van der Waals surface area (Å²) in [7, 11) is 0. The third-order valence-electron chi connectivity index (χ3n) is 2.52. The number of ether oxygens (including phenoxy) is 1. The molecule has 12 heavy (non-hydrogen) atoms. The summed E-state index contributed by atoms with van der Waals surface area (Å²) in [6.07, 6.45) is 10.3. The molecule has 2 heteroatoms. The summed E-state index contributed by atoms with van der Waals surface area (Å²) in [6, 6.07) is 0. The number of terminal acetylenes is 1. The van der Waals surface area contributed by atoms with Crippen molar-refractivity contribution in [3.8, 4) is 12.3 Å². The fourth-order valence-electron chi connectivity index (χ4n) is 1.82. The van der Waals surface area contributed by atoms with Crippen molar-refractivity contribution in [1.82, 2.24) is 0 Å². The Morgan fingerprint density at radius 3 is 2.83 bits per heavy atom. The van der Waals surface area contributed by atoms with Crippen molar-refractivity contribution in [3.05, 3.63) is 0 Å². The van der Waals surface area contributed by atoms with Gasteiger partial charge in [-0.2, -0.15) is 0 Å². The van der Waals surface area contributed by atoms with Crippen molar-refractivity contribution in [2.45, 2.75) is 31.8 Å². The summed E-state index contributed by atoms with van der Waals surface area (Å²) in [5.41, 5.74) is 5.63. The molecule has 2 nitrogen and oxygen atoms in total. The summed E-state index contributed by atoms with van der Waals surface area (Å²) < 4.78 is 5.52. The van der Waals surface area contributed by atoms with Gasteiger partial charge in [0, 0.05) is 0 Å². The second-order valence-electron chi connectivity index (χ2n) is 3.33. The highest BCUT2D eigenvalue weighted by Crippen LogP contribution is 2.25. The molecular formula is C10H17NO. The van der Waals surface area contributed by atoms with Crippen LogP contribution in [0.3, 0.4) is 0 Å². The minimum atomic E-state index is 0.319. The molecular weight excluding hydrogens is 150 g/mol. The van der Waals surface area contributed by atoms with Crippen molar-refractivity contribution in [3.63, 3.8) is 0 Å². The predicted octanol–water partition coefficient (Wildman–Crippen LogP) is 1.15. The molecule has 0 saturated heterocycles. The molecule has 1 saturated carbocycles. The zero-order valence-electron chi connectivity index (χ0n) is 7.46. The van der Waals surface area contributed by atoms with Gasteiger partial charge in [0.25, 0.3) is 0 Å². The lowest BCUT2D eigenvalue weighted by atomic mass is 9.86. The molecule has 0 spiro atoms. The van der Waals surface area contributed by atoms with E-state index in [0.29, 0.717) is 18.6 Å². The summed E-state index contributed by atoms with van der Waals surface area (Å²) in [5.74, 6) is 3.03. The lowest BCUT2D eigenvalue weighted by Crippen LogP contribution is -2.33. The van der Waals surface area contributed by atoms with Crippen LogP contribution in [0.15, 0.2) is 0 Å². The Morgan fingerprint density at radius 1 is 1.42 bits per heavy atom. The smallest absolute Gasteiger partial charge is 0.107 e. The number of hydrogen-bond acceptors (Lipinski definition) is 2. The molecule has 2 atom stereocenters. The van der Waals surface area contributed by atoms with Gasteiger partial charge < -0.3 is 10.5 Å². The molecule has 1 aliphatic carbocycles.